The van der Waals surface area contributed by atoms with Crippen molar-refractivity contribution in [1.29, 1.82) is 0 Å². The zero-order chi connectivity index (χ0) is 12.8. The van der Waals surface area contributed by atoms with Crippen molar-refractivity contribution in [2.75, 3.05) is 6.54 Å². The first kappa shape index (κ1) is 20.5. The maximum atomic E-state index is 11.6. The van der Waals surface area contributed by atoms with Crippen LogP contribution in [0.5, 0.6) is 0 Å². The molecule has 1 aromatic heterocycles. The van der Waals surface area contributed by atoms with Crippen LogP contribution in [0.15, 0.2) is 18.7 Å². The molecule has 1 aromatic rings. The molecule has 3 N–H and O–H groups in total. The number of hydrogen-bond acceptors (Lipinski definition) is 3. The molecular formula is C12H24Cl2N4O. The second-order valence-corrected chi connectivity index (χ2v) is 4.88. The molecule has 0 aliphatic heterocycles. The van der Waals surface area contributed by atoms with Gasteiger partial charge in [-0.2, -0.15) is 0 Å². The summed E-state index contributed by atoms with van der Waals surface area (Å²) in [4.78, 5) is 15.6. The van der Waals surface area contributed by atoms with Crippen molar-refractivity contribution in [3.8, 4) is 0 Å². The number of amides is 1. The van der Waals surface area contributed by atoms with Crippen LogP contribution in [0.1, 0.15) is 20.8 Å². The molecular weight excluding hydrogens is 287 g/mol. The Morgan fingerprint density at radius 3 is 2.47 bits per heavy atom. The first-order valence-electron chi connectivity index (χ1n) is 5.99. The van der Waals surface area contributed by atoms with Crippen molar-refractivity contribution in [2.45, 2.75) is 33.4 Å². The number of nitrogens with zero attached hydrogens (tertiary/aromatic N) is 2. The maximum Gasteiger partial charge on any atom is 0.237 e. The highest BCUT2D eigenvalue weighted by molar-refractivity contribution is 5.85. The lowest BCUT2D eigenvalue weighted by molar-refractivity contribution is -0.123. The summed E-state index contributed by atoms with van der Waals surface area (Å²) in [7, 11) is 0. The van der Waals surface area contributed by atoms with Gasteiger partial charge in [-0.1, -0.05) is 20.8 Å². The highest BCUT2D eigenvalue weighted by atomic mass is 35.5. The van der Waals surface area contributed by atoms with Crippen molar-refractivity contribution in [2.24, 2.45) is 17.6 Å². The van der Waals surface area contributed by atoms with Crippen molar-refractivity contribution >= 4 is 30.7 Å². The molecule has 2 atom stereocenters. The van der Waals surface area contributed by atoms with Gasteiger partial charge in [0.15, 0.2) is 0 Å². The highest BCUT2D eigenvalue weighted by Gasteiger charge is 2.17. The van der Waals surface area contributed by atoms with E-state index in [1.807, 2.05) is 24.6 Å². The number of rotatable bonds is 6. The summed E-state index contributed by atoms with van der Waals surface area (Å²) in [6, 6.07) is -0.421. The maximum absolute atomic E-state index is 11.6. The predicted octanol–water partition coefficient (Wildman–Crippen LogP) is 1.46. The van der Waals surface area contributed by atoms with Gasteiger partial charge < -0.3 is 15.6 Å². The van der Waals surface area contributed by atoms with Gasteiger partial charge in [0.2, 0.25) is 5.91 Å². The van der Waals surface area contributed by atoms with E-state index in [1.165, 1.54) is 0 Å². The van der Waals surface area contributed by atoms with Crippen LogP contribution in [-0.2, 0) is 11.3 Å². The molecule has 0 fully saturated rings. The standard InChI is InChI=1S/C12H22N4O.2ClH/c1-9(2)11(13)12(17)15-6-10(3)7-16-5-4-14-8-16;;/h4-5,8-11H,6-7,13H2,1-3H3,(H,15,17);2*1H/t10?,11-;;/m0../s1. The number of aromatic nitrogens is 2. The van der Waals surface area contributed by atoms with Gasteiger partial charge in [-0.05, 0) is 11.8 Å². The Kier molecular flexibility index (Phi) is 10.9. The average Bonchev–Trinajstić information content (AvgIpc) is 2.77. The van der Waals surface area contributed by atoms with E-state index in [-0.39, 0.29) is 36.6 Å². The zero-order valence-corrected chi connectivity index (χ0v) is 13.2. The second kappa shape index (κ2) is 10.1. The van der Waals surface area contributed by atoms with Crippen LogP contribution in [0.4, 0.5) is 0 Å². The van der Waals surface area contributed by atoms with Crippen molar-refractivity contribution in [3.63, 3.8) is 0 Å². The molecule has 112 valence electrons. The number of nitrogens with two attached hydrogens (primary N) is 1. The van der Waals surface area contributed by atoms with Crippen LogP contribution in [0, 0.1) is 11.8 Å². The lowest BCUT2D eigenvalue weighted by Crippen LogP contribution is -2.45. The minimum absolute atomic E-state index is 0. The quantitative estimate of drug-likeness (QED) is 0.835. The number of hydrogen-bond donors (Lipinski definition) is 2. The Balaban J connectivity index is 0. The molecule has 1 heterocycles. The molecule has 0 radical (unpaired) electrons. The summed E-state index contributed by atoms with van der Waals surface area (Å²) in [6.07, 6.45) is 5.44. The summed E-state index contributed by atoms with van der Waals surface area (Å²) in [6.45, 7) is 7.45. The minimum atomic E-state index is -0.421. The fourth-order valence-corrected chi connectivity index (χ4v) is 1.51. The summed E-state index contributed by atoms with van der Waals surface area (Å²) < 4.78 is 2.00. The Labute approximate surface area is 127 Å². The Morgan fingerprint density at radius 1 is 1.37 bits per heavy atom. The number of nitrogens with one attached hydrogen (secondary N) is 1. The summed E-state index contributed by atoms with van der Waals surface area (Å²) in [5, 5.41) is 2.88. The van der Waals surface area contributed by atoms with Gasteiger partial charge in [0.05, 0.1) is 12.4 Å². The molecule has 1 unspecified atom stereocenters. The van der Waals surface area contributed by atoms with E-state index in [9.17, 15) is 4.79 Å². The molecule has 19 heavy (non-hydrogen) atoms. The third kappa shape index (κ3) is 7.40. The normalized spacial score (nSPS) is 13.1. The molecule has 0 aliphatic carbocycles. The number of carbonyl (C=O) groups is 1. The number of halogens is 2. The number of carbonyl (C=O) groups excluding carboxylic acids is 1. The van der Waals surface area contributed by atoms with E-state index in [4.69, 9.17) is 5.73 Å². The van der Waals surface area contributed by atoms with E-state index < -0.39 is 6.04 Å². The van der Waals surface area contributed by atoms with E-state index >= 15 is 0 Å². The highest BCUT2D eigenvalue weighted by Crippen LogP contribution is 2.01. The lowest BCUT2D eigenvalue weighted by atomic mass is 10.0. The molecule has 5 nitrogen and oxygen atoms in total. The molecule has 1 rings (SSSR count). The molecule has 0 aromatic carbocycles. The molecule has 7 heteroatoms. The van der Waals surface area contributed by atoms with Gasteiger partial charge in [0, 0.05) is 25.5 Å². The topological polar surface area (TPSA) is 72.9 Å². The van der Waals surface area contributed by atoms with Crippen molar-refractivity contribution in [1.82, 2.24) is 14.9 Å². The van der Waals surface area contributed by atoms with Crippen molar-refractivity contribution < 1.29 is 4.79 Å². The van der Waals surface area contributed by atoms with Gasteiger partial charge in [-0.25, -0.2) is 4.98 Å². The Hall–Kier alpha value is -0.780. The van der Waals surface area contributed by atoms with Gasteiger partial charge in [0.1, 0.15) is 0 Å². The van der Waals surface area contributed by atoms with Crippen LogP contribution >= 0.6 is 24.8 Å². The Morgan fingerprint density at radius 2 is 2.00 bits per heavy atom. The molecule has 0 saturated carbocycles. The zero-order valence-electron chi connectivity index (χ0n) is 11.6. The summed E-state index contributed by atoms with van der Waals surface area (Å²) in [5.41, 5.74) is 5.76. The number of imidazole rings is 1. The van der Waals surface area contributed by atoms with E-state index in [2.05, 4.69) is 17.2 Å². The largest absolute Gasteiger partial charge is 0.354 e. The average molecular weight is 311 g/mol. The van der Waals surface area contributed by atoms with Crippen LogP contribution in [0.25, 0.3) is 0 Å². The second-order valence-electron chi connectivity index (χ2n) is 4.88. The predicted molar refractivity (Wildman–Crippen MR) is 81.7 cm³/mol. The summed E-state index contributed by atoms with van der Waals surface area (Å²) in [5.74, 6) is 0.448. The first-order chi connectivity index (χ1) is 8.00. The molecule has 0 aliphatic rings. The van der Waals surface area contributed by atoms with Gasteiger partial charge in [-0.15, -0.1) is 24.8 Å². The smallest absolute Gasteiger partial charge is 0.237 e. The Bertz CT molecular complexity index is 344. The van der Waals surface area contributed by atoms with Gasteiger partial charge >= 0.3 is 0 Å². The molecule has 0 bridgehead atoms. The molecule has 0 saturated heterocycles. The first-order valence-corrected chi connectivity index (χ1v) is 5.99. The lowest BCUT2D eigenvalue weighted by Gasteiger charge is -2.18. The summed E-state index contributed by atoms with van der Waals surface area (Å²) >= 11 is 0. The van der Waals surface area contributed by atoms with Crippen LogP contribution in [0.3, 0.4) is 0 Å². The molecule has 0 spiro atoms. The monoisotopic (exact) mass is 310 g/mol. The van der Waals surface area contributed by atoms with E-state index in [0.29, 0.717) is 12.5 Å². The SMILES string of the molecule is CC(CNC(=O)[C@@H](N)C(C)C)Cn1ccnc1.Cl.Cl. The van der Waals surface area contributed by atoms with Crippen LogP contribution < -0.4 is 11.1 Å². The van der Waals surface area contributed by atoms with E-state index in [0.717, 1.165) is 6.54 Å². The third-order valence-electron chi connectivity index (χ3n) is 2.73. The fourth-order valence-electron chi connectivity index (χ4n) is 1.51. The van der Waals surface area contributed by atoms with Gasteiger partial charge in [-0.3, -0.25) is 4.79 Å². The van der Waals surface area contributed by atoms with Crippen molar-refractivity contribution in [3.05, 3.63) is 18.7 Å². The van der Waals surface area contributed by atoms with Gasteiger partial charge in [0.25, 0.3) is 0 Å². The fraction of sp³-hybridized carbons (Fsp3) is 0.667. The third-order valence-corrected chi connectivity index (χ3v) is 2.73. The van der Waals surface area contributed by atoms with Crippen LogP contribution in [0.2, 0.25) is 0 Å². The van der Waals surface area contributed by atoms with Crippen LogP contribution in [-0.4, -0.2) is 28.0 Å². The van der Waals surface area contributed by atoms with E-state index in [1.54, 1.807) is 12.5 Å². The molecule has 1 amide bonds. The minimum Gasteiger partial charge on any atom is -0.354 e.